The second-order valence-corrected chi connectivity index (χ2v) is 10.1. The maximum Gasteiger partial charge on any atom is 0.0782 e. The number of rotatable bonds is 16. The lowest BCUT2D eigenvalue weighted by Crippen LogP contribution is -2.33. The van der Waals surface area contributed by atoms with Gasteiger partial charge in [-0.25, -0.2) is 0 Å². The summed E-state index contributed by atoms with van der Waals surface area (Å²) in [6.45, 7) is 14.0. The molecule has 0 spiro atoms. The van der Waals surface area contributed by atoms with Crippen LogP contribution in [0.5, 0.6) is 0 Å². The van der Waals surface area contributed by atoms with Gasteiger partial charge in [-0.3, -0.25) is 0 Å². The van der Waals surface area contributed by atoms with Gasteiger partial charge in [0, 0.05) is 6.42 Å². The molecule has 0 bridgehead atoms. The van der Waals surface area contributed by atoms with Crippen LogP contribution in [0.25, 0.3) is 0 Å². The molecule has 178 valence electrons. The molecule has 0 aromatic rings. The Balaban J connectivity index is 4.04. The van der Waals surface area contributed by atoms with Crippen LogP contribution in [0.2, 0.25) is 0 Å². The fourth-order valence-corrected chi connectivity index (χ4v) is 3.49. The summed E-state index contributed by atoms with van der Waals surface area (Å²) in [5, 5.41) is 11.6. The molecule has 0 N–H and O–H groups in total. The molecule has 0 saturated heterocycles. The molecule has 0 unspecified atom stereocenters. The average Bonchev–Trinajstić information content (AvgIpc) is 2.64. The highest BCUT2D eigenvalue weighted by molar-refractivity contribution is 5.07. The molecule has 0 aromatic heterocycles. The van der Waals surface area contributed by atoms with Crippen molar-refractivity contribution in [2.75, 3.05) is 20.6 Å². The van der Waals surface area contributed by atoms with E-state index in [9.17, 15) is 5.21 Å². The zero-order valence-corrected chi connectivity index (χ0v) is 22.0. The molecule has 0 heterocycles. The third-order valence-corrected chi connectivity index (χ3v) is 5.57. The van der Waals surface area contributed by atoms with Crippen molar-refractivity contribution in [1.29, 1.82) is 0 Å². The van der Waals surface area contributed by atoms with E-state index in [0.717, 1.165) is 44.9 Å². The Bertz CT molecular complexity index is 634. The highest BCUT2D eigenvalue weighted by Gasteiger charge is 2.01. The number of hydroxylamine groups is 3. The van der Waals surface area contributed by atoms with Crippen molar-refractivity contribution < 1.29 is 4.65 Å². The van der Waals surface area contributed by atoms with E-state index in [1.165, 1.54) is 47.1 Å². The first-order valence-electron chi connectivity index (χ1n) is 12.3. The lowest BCUT2D eigenvalue weighted by molar-refractivity contribution is -0.840. The van der Waals surface area contributed by atoms with E-state index in [0.29, 0.717) is 6.54 Å². The van der Waals surface area contributed by atoms with Crippen LogP contribution in [-0.4, -0.2) is 25.3 Å². The van der Waals surface area contributed by atoms with E-state index < -0.39 is 0 Å². The number of hydrogen-bond acceptors (Lipinski definition) is 1. The van der Waals surface area contributed by atoms with Gasteiger partial charge in [-0.05, 0) is 99.3 Å². The quantitative estimate of drug-likeness (QED) is 0.104. The summed E-state index contributed by atoms with van der Waals surface area (Å²) < 4.78 is -0.185. The molecule has 0 radical (unpaired) electrons. The molecule has 0 aromatic carbocycles. The van der Waals surface area contributed by atoms with Crippen LogP contribution in [0.1, 0.15) is 106 Å². The van der Waals surface area contributed by atoms with Crippen LogP contribution in [-0.2, 0) is 0 Å². The van der Waals surface area contributed by atoms with E-state index >= 15 is 0 Å². The third-order valence-electron chi connectivity index (χ3n) is 5.57. The molecular formula is C29H51NO. The van der Waals surface area contributed by atoms with Crippen molar-refractivity contribution in [2.24, 2.45) is 0 Å². The van der Waals surface area contributed by atoms with Gasteiger partial charge in [0.05, 0.1) is 20.6 Å². The Morgan fingerprint density at radius 2 is 0.903 bits per heavy atom. The maximum absolute atomic E-state index is 11.6. The number of hydrogen-bond donors (Lipinski definition) is 0. The van der Waals surface area contributed by atoms with Crippen LogP contribution >= 0.6 is 0 Å². The number of allylic oxidation sites excluding steroid dienone is 10. The van der Waals surface area contributed by atoms with Crippen molar-refractivity contribution in [2.45, 2.75) is 106 Å². The summed E-state index contributed by atoms with van der Waals surface area (Å²) in [5.41, 5.74) is 7.35. The summed E-state index contributed by atoms with van der Waals surface area (Å²) in [4.78, 5) is 0. The van der Waals surface area contributed by atoms with Gasteiger partial charge in [0.2, 0.25) is 0 Å². The molecule has 0 aliphatic rings. The molecule has 0 rings (SSSR count). The zero-order valence-electron chi connectivity index (χ0n) is 22.0. The number of unbranched alkanes of at least 4 members (excludes halogenated alkanes) is 1. The summed E-state index contributed by atoms with van der Waals surface area (Å²) in [7, 11) is 3.44. The van der Waals surface area contributed by atoms with Gasteiger partial charge in [0.25, 0.3) is 0 Å². The molecule has 2 heteroatoms. The molecule has 2 nitrogen and oxygen atoms in total. The van der Waals surface area contributed by atoms with Gasteiger partial charge < -0.3 is 9.85 Å². The maximum atomic E-state index is 11.6. The third kappa shape index (κ3) is 21.6. The van der Waals surface area contributed by atoms with Crippen LogP contribution in [0.4, 0.5) is 0 Å². The Labute approximate surface area is 194 Å². The Kier molecular flexibility index (Phi) is 16.4. The SMILES string of the molecule is CC(C)=CCC/C(C)=C/CC/C(C)=C\CC/C=C(\C)CC/C=C(\C)CCC[N+](C)(C)[O-]. The Hall–Kier alpha value is -1.38. The van der Waals surface area contributed by atoms with Crippen LogP contribution < -0.4 is 0 Å². The fourth-order valence-electron chi connectivity index (χ4n) is 3.49. The monoisotopic (exact) mass is 429 g/mol. The minimum absolute atomic E-state index is 0.185. The van der Waals surface area contributed by atoms with Crippen LogP contribution in [0.15, 0.2) is 58.2 Å². The van der Waals surface area contributed by atoms with Gasteiger partial charge >= 0.3 is 0 Å². The molecule has 0 aliphatic carbocycles. The standard InChI is InChI=1S/C29H51NO/c1-25(2)15-11-18-28(5)21-12-19-26(3)16-9-10-17-27(4)20-13-22-29(6)23-14-24-30(7,8)31/h15-17,21-22H,9-14,18-20,23-24H2,1-8H3/b26-16-,27-17+,28-21+,29-22+. The van der Waals surface area contributed by atoms with Crippen molar-refractivity contribution in [3.05, 3.63) is 63.5 Å². The predicted octanol–water partition coefficient (Wildman–Crippen LogP) is 9.21. The van der Waals surface area contributed by atoms with Gasteiger partial charge in [-0.15, -0.1) is 0 Å². The smallest absolute Gasteiger partial charge is 0.0782 e. The molecular weight excluding hydrogens is 378 g/mol. The largest absolute Gasteiger partial charge is 0.633 e. The van der Waals surface area contributed by atoms with Gasteiger partial charge in [-0.2, -0.15) is 0 Å². The lowest BCUT2D eigenvalue weighted by Gasteiger charge is -2.33. The van der Waals surface area contributed by atoms with Crippen molar-refractivity contribution >= 4 is 0 Å². The van der Waals surface area contributed by atoms with Crippen LogP contribution in [0.3, 0.4) is 0 Å². The van der Waals surface area contributed by atoms with E-state index in [2.05, 4.69) is 71.9 Å². The second-order valence-electron chi connectivity index (χ2n) is 10.1. The molecule has 0 atom stereocenters. The average molecular weight is 430 g/mol. The van der Waals surface area contributed by atoms with Crippen molar-refractivity contribution in [3.63, 3.8) is 0 Å². The van der Waals surface area contributed by atoms with Gasteiger partial charge in [-0.1, -0.05) is 58.2 Å². The first-order valence-corrected chi connectivity index (χ1v) is 12.3. The highest BCUT2D eigenvalue weighted by atomic mass is 16.5. The minimum Gasteiger partial charge on any atom is -0.633 e. The molecule has 0 amide bonds. The predicted molar refractivity (Wildman–Crippen MR) is 141 cm³/mol. The highest BCUT2D eigenvalue weighted by Crippen LogP contribution is 2.14. The van der Waals surface area contributed by atoms with E-state index in [4.69, 9.17) is 0 Å². The molecule has 31 heavy (non-hydrogen) atoms. The van der Waals surface area contributed by atoms with E-state index in [1.807, 2.05) is 0 Å². The van der Waals surface area contributed by atoms with E-state index in [-0.39, 0.29) is 4.65 Å². The van der Waals surface area contributed by atoms with Gasteiger partial charge in [0.1, 0.15) is 0 Å². The van der Waals surface area contributed by atoms with Crippen molar-refractivity contribution in [3.8, 4) is 0 Å². The summed E-state index contributed by atoms with van der Waals surface area (Å²) in [6.07, 6.45) is 23.1. The lowest BCUT2D eigenvalue weighted by atomic mass is 10.0. The fraction of sp³-hybridized carbons (Fsp3) is 0.655. The molecule has 0 fully saturated rings. The van der Waals surface area contributed by atoms with E-state index in [1.54, 1.807) is 14.1 Å². The first kappa shape index (κ1) is 29.6. The Morgan fingerprint density at radius 3 is 1.29 bits per heavy atom. The topological polar surface area (TPSA) is 23.1 Å². The normalized spacial score (nSPS) is 14.2. The second kappa shape index (κ2) is 17.2. The first-order chi connectivity index (χ1) is 14.5. The zero-order chi connectivity index (χ0) is 23.7. The Morgan fingerprint density at radius 1 is 0.548 bits per heavy atom. The van der Waals surface area contributed by atoms with Crippen LogP contribution in [0, 0.1) is 5.21 Å². The molecule has 0 aliphatic heterocycles. The summed E-state index contributed by atoms with van der Waals surface area (Å²) >= 11 is 0. The van der Waals surface area contributed by atoms with Gasteiger partial charge in [0.15, 0.2) is 0 Å². The number of quaternary nitrogens is 1. The number of nitrogens with zero attached hydrogens (tertiary/aromatic N) is 1. The van der Waals surface area contributed by atoms with Crippen molar-refractivity contribution in [1.82, 2.24) is 0 Å². The molecule has 0 saturated carbocycles. The summed E-state index contributed by atoms with van der Waals surface area (Å²) in [6, 6.07) is 0. The minimum atomic E-state index is -0.185. The summed E-state index contributed by atoms with van der Waals surface area (Å²) in [5.74, 6) is 0.